The third-order valence-electron chi connectivity index (χ3n) is 3.32. The minimum absolute atomic E-state index is 0.0630. The zero-order valence-corrected chi connectivity index (χ0v) is 12.2. The number of nitrogen functional groups attached to an aromatic ring is 1. The molecule has 0 unspecified atom stereocenters. The molecular weight excluding hydrogens is 262 g/mol. The molecule has 0 bridgehead atoms. The molecule has 0 atom stereocenters. The topological polar surface area (TPSA) is 83.3 Å². The number of nitrogens with two attached hydrogens (primary N) is 1. The maximum atomic E-state index is 12.2. The van der Waals surface area contributed by atoms with Crippen LogP contribution in [0.3, 0.4) is 0 Å². The van der Waals surface area contributed by atoms with Gasteiger partial charge in [0.15, 0.2) is 5.13 Å². The molecule has 0 saturated heterocycles. The van der Waals surface area contributed by atoms with Gasteiger partial charge in [-0.1, -0.05) is 11.3 Å². The van der Waals surface area contributed by atoms with Gasteiger partial charge in [0.25, 0.3) is 5.91 Å². The molecule has 106 valence electrons. The van der Waals surface area contributed by atoms with Crippen molar-refractivity contribution in [3.63, 3.8) is 0 Å². The molecule has 1 aromatic rings. The molecule has 2 rings (SSSR count). The summed E-state index contributed by atoms with van der Waals surface area (Å²) in [6.45, 7) is 1.41. The Morgan fingerprint density at radius 3 is 2.89 bits per heavy atom. The number of nitrogens with one attached hydrogen (secondary N) is 2. The summed E-state index contributed by atoms with van der Waals surface area (Å²) in [5.74, 6) is 0.264. The smallest absolute Gasteiger partial charge is 0.267 e. The lowest BCUT2D eigenvalue weighted by Gasteiger charge is -2.25. The number of nitrogens with zero attached hydrogens (tertiary/aromatic N) is 2. The minimum atomic E-state index is -0.0630. The van der Waals surface area contributed by atoms with E-state index in [1.54, 1.807) is 11.9 Å². The lowest BCUT2D eigenvalue weighted by atomic mass is 9.93. The number of carbonyl (C=O) groups excluding carboxylic acids is 1. The molecule has 0 radical (unpaired) electrons. The van der Waals surface area contributed by atoms with Gasteiger partial charge in [0.1, 0.15) is 10.7 Å². The molecule has 7 heteroatoms. The number of carbonyl (C=O) groups is 1. The molecule has 1 fully saturated rings. The first-order valence-electron chi connectivity index (χ1n) is 6.54. The molecule has 1 aliphatic carbocycles. The zero-order valence-electron chi connectivity index (χ0n) is 11.4. The SMILES string of the molecule is CNCCN(C)C(=O)c1sc(NC2CCC2)nc1N. The van der Waals surface area contributed by atoms with Crippen LogP contribution in [0.25, 0.3) is 0 Å². The predicted molar refractivity (Wildman–Crippen MR) is 78.7 cm³/mol. The van der Waals surface area contributed by atoms with Crippen LogP contribution in [-0.2, 0) is 0 Å². The van der Waals surface area contributed by atoms with Gasteiger partial charge in [-0.3, -0.25) is 4.79 Å². The molecule has 0 aromatic carbocycles. The van der Waals surface area contributed by atoms with Crippen molar-refractivity contribution < 1.29 is 4.79 Å². The average molecular weight is 283 g/mol. The summed E-state index contributed by atoms with van der Waals surface area (Å²) in [5.41, 5.74) is 5.84. The van der Waals surface area contributed by atoms with Crippen LogP contribution in [0.2, 0.25) is 0 Å². The Kier molecular flexibility index (Phi) is 4.60. The first-order chi connectivity index (χ1) is 9.11. The molecule has 1 aliphatic rings. The Balaban J connectivity index is 2.00. The van der Waals surface area contributed by atoms with Crippen molar-refractivity contribution in [1.82, 2.24) is 15.2 Å². The lowest BCUT2D eigenvalue weighted by molar-refractivity contribution is 0.0802. The number of rotatable bonds is 6. The summed E-state index contributed by atoms with van der Waals surface area (Å²) < 4.78 is 0. The van der Waals surface area contributed by atoms with Gasteiger partial charge >= 0.3 is 0 Å². The van der Waals surface area contributed by atoms with Crippen molar-refractivity contribution in [1.29, 1.82) is 0 Å². The number of hydrogen-bond acceptors (Lipinski definition) is 6. The predicted octanol–water partition coefficient (Wildman–Crippen LogP) is 0.981. The van der Waals surface area contributed by atoms with Crippen LogP contribution in [0.4, 0.5) is 10.9 Å². The van der Waals surface area contributed by atoms with E-state index in [1.165, 1.54) is 30.6 Å². The summed E-state index contributed by atoms with van der Waals surface area (Å²) in [6.07, 6.45) is 3.60. The number of aromatic nitrogens is 1. The van der Waals surface area contributed by atoms with E-state index in [1.807, 2.05) is 7.05 Å². The number of anilines is 2. The monoisotopic (exact) mass is 283 g/mol. The Morgan fingerprint density at radius 2 is 2.32 bits per heavy atom. The van der Waals surface area contributed by atoms with E-state index < -0.39 is 0 Å². The highest BCUT2D eigenvalue weighted by molar-refractivity contribution is 7.18. The first-order valence-corrected chi connectivity index (χ1v) is 7.36. The molecule has 0 aliphatic heterocycles. The highest BCUT2D eigenvalue weighted by Gasteiger charge is 2.22. The van der Waals surface area contributed by atoms with Crippen LogP contribution < -0.4 is 16.4 Å². The highest BCUT2D eigenvalue weighted by atomic mass is 32.1. The van der Waals surface area contributed by atoms with Gasteiger partial charge in [0, 0.05) is 26.2 Å². The van der Waals surface area contributed by atoms with Crippen molar-refractivity contribution in [2.75, 3.05) is 38.2 Å². The second kappa shape index (κ2) is 6.21. The third-order valence-corrected chi connectivity index (χ3v) is 4.31. The van der Waals surface area contributed by atoms with Gasteiger partial charge in [-0.05, 0) is 26.3 Å². The highest BCUT2D eigenvalue weighted by Crippen LogP contribution is 2.30. The first kappa shape index (κ1) is 14.1. The zero-order chi connectivity index (χ0) is 13.8. The second-order valence-electron chi connectivity index (χ2n) is 4.84. The number of hydrogen-bond donors (Lipinski definition) is 3. The number of amides is 1. The number of thiazole rings is 1. The molecule has 1 saturated carbocycles. The van der Waals surface area contributed by atoms with E-state index >= 15 is 0 Å². The Labute approximate surface area is 117 Å². The van der Waals surface area contributed by atoms with Gasteiger partial charge in [-0.25, -0.2) is 4.98 Å². The van der Waals surface area contributed by atoms with E-state index in [0.29, 0.717) is 23.3 Å². The molecule has 4 N–H and O–H groups in total. The quantitative estimate of drug-likeness (QED) is 0.725. The fraction of sp³-hybridized carbons (Fsp3) is 0.667. The van der Waals surface area contributed by atoms with Crippen LogP contribution in [0, 0.1) is 0 Å². The fourth-order valence-electron chi connectivity index (χ4n) is 1.83. The summed E-state index contributed by atoms with van der Waals surface area (Å²) in [6, 6.07) is 0.496. The van der Waals surface area contributed by atoms with E-state index in [4.69, 9.17) is 5.73 Å². The average Bonchev–Trinajstić information content (AvgIpc) is 2.71. The van der Waals surface area contributed by atoms with Crippen molar-refractivity contribution in [3.8, 4) is 0 Å². The largest absolute Gasteiger partial charge is 0.382 e. The van der Waals surface area contributed by atoms with Gasteiger partial charge in [0.05, 0.1) is 0 Å². The Morgan fingerprint density at radius 1 is 1.58 bits per heavy atom. The maximum absolute atomic E-state index is 12.2. The Hall–Kier alpha value is -1.34. The van der Waals surface area contributed by atoms with Crippen LogP contribution >= 0.6 is 11.3 Å². The van der Waals surface area contributed by atoms with Gasteiger partial charge in [-0.15, -0.1) is 0 Å². The lowest BCUT2D eigenvalue weighted by Crippen LogP contribution is -2.32. The summed E-state index contributed by atoms with van der Waals surface area (Å²) in [7, 11) is 3.64. The standard InChI is InChI=1S/C12H21N5OS/c1-14-6-7-17(2)11(18)9-10(13)16-12(19-9)15-8-4-3-5-8/h8,14H,3-7,13H2,1-2H3,(H,15,16). The van der Waals surface area contributed by atoms with Gasteiger partial charge in [0.2, 0.25) is 0 Å². The Bertz CT molecular complexity index is 443. The molecular formula is C12H21N5OS. The van der Waals surface area contributed by atoms with E-state index in [-0.39, 0.29) is 5.91 Å². The molecule has 6 nitrogen and oxygen atoms in total. The molecule has 1 heterocycles. The molecule has 1 aromatic heterocycles. The van der Waals surface area contributed by atoms with Crippen LogP contribution in [-0.4, -0.2) is 49.0 Å². The van der Waals surface area contributed by atoms with Crippen LogP contribution in [0.1, 0.15) is 28.9 Å². The fourth-order valence-corrected chi connectivity index (χ4v) is 2.78. The van der Waals surface area contributed by atoms with Crippen molar-refractivity contribution >= 4 is 28.2 Å². The molecule has 0 spiro atoms. The normalized spacial score (nSPS) is 15.1. The molecule has 1 amide bonds. The van der Waals surface area contributed by atoms with E-state index in [2.05, 4.69) is 15.6 Å². The summed E-state index contributed by atoms with van der Waals surface area (Å²) in [5, 5.41) is 7.09. The minimum Gasteiger partial charge on any atom is -0.382 e. The number of likely N-dealkylation sites (N-methyl/N-ethyl adjacent to an activating group) is 2. The second-order valence-corrected chi connectivity index (χ2v) is 5.83. The van der Waals surface area contributed by atoms with Crippen LogP contribution in [0.15, 0.2) is 0 Å². The van der Waals surface area contributed by atoms with Gasteiger partial charge < -0.3 is 21.3 Å². The van der Waals surface area contributed by atoms with Gasteiger partial charge in [-0.2, -0.15) is 0 Å². The van der Waals surface area contributed by atoms with Crippen molar-refractivity contribution in [2.45, 2.75) is 25.3 Å². The third kappa shape index (κ3) is 3.36. The van der Waals surface area contributed by atoms with Crippen molar-refractivity contribution in [3.05, 3.63) is 4.88 Å². The summed E-state index contributed by atoms with van der Waals surface area (Å²) in [4.78, 5) is 18.6. The molecule has 19 heavy (non-hydrogen) atoms. The van der Waals surface area contributed by atoms with Crippen molar-refractivity contribution in [2.24, 2.45) is 0 Å². The van der Waals surface area contributed by atoms with E-state index in [0.717, 1.165) is 11.7 Å². The maximum Gasteiger partial charge on any atom is 0.267 e. The summed E-state index contributed by atoms with van der Waals surface area (Å²) >= 11 is 1.35. The van der Waals surface area contributed by atoms with Crippen LogP contribution in [0.5, 0.6) is 0 Å². The van der Waals surface area contributed by atoms with E-state index in [9.17, 15) is 4.79 Å².